The highest BCUT2D eigenvalue weighted by Gasteiger charge is 2.30. The second kappa shape index (κ2) is 9.88. The number of hydrogen-bond acceptors (Lipinski definition) is 6. The van der Waals surface area contributed by atoms with Crippen LogP contribution < -0.4 is 10.1 Å². The first-order valence-corrected chi connectivity index (χ1v) is 9.76. The van der Waals surface area contributed by atoms with Crippen molar-refractivity contribution in [2.45, 2.75) is 58.0 Å². The molecule has 0 amide bonds. The lowest BCUT2D eigenvalue weighted by Gasteiger charge is -2.34. The largest absolute Gasteiger partial charge is 0.486 e. The first-order valence-electron chi connectivity index (χ1n) is 9.76. The molecule has 0 radical (unpaired) electrons. The molecule has 1 fully saturated rings. The summed E-state index contributed by atoms with van der Waals surface area (Å²) in [6, 6.07) is 11.6. The molecule has 27 heavy (non-hydrogen) atoms. The van der Waals surface area contributed by atoms with Gasteiger partial charge < -0.3 is 24.4 Å². The first-order chi connectivity index (χ1) is 13.1. The van der Waals surface area contributed by atoms with Gasteiger partial charge in [-0.2, -0.15) is 0 Å². The lowest BCUT2D eigenvalue weighted by atomic mass is 9.98. The molecular weight excluding hydrogens is 344 g/mol. The second-order valence-electron chi connectivity index (χ2n) is 7.58. The summed E-state index contributed by atoms with van der Waals surface area (Å²) in [5, 5.41) is 17.7. The van der Waals surface area contributed by atoms with E-state index in [1.54, 1.807) is 0 Å². The maximum absolute atomic E-state index is 10.2. The average molecular weight is 374 g/mol. The standard InChI is InChI=1S/C21H30N2O4/c1-15(2)12-22-13-21-20(24)9-8-18(26-21)10-16-11-19(27-23-16)14-25-17-6-4-3-5-7-17/h3-7,11,15,18,20-22,24H,8-10,12-14H2,1-2H3/t18-,20-,21+/m0/s1. The zero-order valence-electron chi connectivity index (χ0n) is 16.1. The van der Waals surface area contributed by atoms with Crippen LogP contribution in [-0.4, -0.2) is 41.7 Å². The summed E-state index contributed by atoms with van der Waals surface area (Å²) in [6.07, 6.45) is 1.73. The van der Waals surface area contributed by atoms with Gasteiger partial charge in [0.05, 0.1) is 24.0 Å². The molecule has 6 heteroatoms. The maximum atomic E-state index is 10.2. The van der Waals surface area contributed by atoms with Crippen LogP contribution in [0.1, 0.15) is 38.1 Å². The predicted molar refractivity (Wildman–Crippen MR) is 103 cm³/mol. The SMILES string of the molecule is CC(C)CNC[C@H]1O[C@H](Cc2cc(COc3ccccc3)on2)CC[C@@H]1O. The molecule has 3 atom stereocenters. The molecule has 1 aliphatic heterocycles. The smallest absolute Gasteiger partial charge is 0.174 e. The summed E-state index contributed by atoms with van der Waals surface area (Å²) >= 11 is 0. The Morgan fingerprint density at radius 3 is 2.85 bits per heavy atom. The molecule has 0 saturated carbocycles. The number of aliphatic hydroxyl groups excluding tert-OH is 1. The van der Waals surface area contributed by atoms with Crippen LogP contribution >= 0.6 is 0 Å². The van der Waals surface area contributed by atoms with Gasteiger partial charge in [0.15, 0.2) is 5.76 Å². The summed E-state index contributed by atoms with van der Waals surface area (Å²) in [5.74, 6) is 2.07. The van der Waals surface area contributed by atoms with Crippen molar-refractivity contribution in [1.29, 1.82) is 0 Å². The van der Waals surface area contributed by atoms with Crippen LogP contribution in [0.2, 0.25) is 0 Å². The van der Waals surface area contributed by atoms with Crippen molar-refractivity contribution in [3.05, 3.63) is 47.9 Å². The number of nitrogens with one attached hydrogen (secondary N) is 1. The topological polar surface area (TPSA) is 76.8 Å². The minimum atomic E-state index is -0.409. The van der Waals surface area contributed by atoms with E-state index in [-0.39, 0.29) is 12.2 Å². The fraction of sp³-hybridized carbons (Fsp3) is 0.571. The summed E-state index contributed by atoms with van der Waals surface area (Å²) in [5.41, 5.74) is 0.858. The number of ether oxygens (including phenoxy) is 2. The van der Waals surface area contributed by atoms with Gasteiger partial charge >= 0.3 is 0 Å². The molecule has 1 saturated heterocycles. The highest BCUT2D eigenvalue weighted by molar-refractivity contribution is 5.21. The minimum Gasteiger partial charge on any atom is -0.486 e. The number of benzene rings is 1. The lowest BCUT2D eigenvalue weighted by Crippen LogP contribution is -2.46. The van der Waals surface area contributed by atoms with Crippen molar-refractivity contribution in [3.8, 4) is 5.75 Å². The molecule has 0 spiro atoms. The van der Waals surface area contributed by atoms with E-state index in [1.807, 2.05) is 36.4 Å². The van der Waals surface area contributed by atoms with Crippen LogP contribution in [0.25, 0.3) is 0 Å². The van der Waals surface area contributed by atoms with Crippen molar-refractivity contribution in [2.75, 3.05) is 13.1 Å². The van der Waals surface area contributed by atoms with Gasteiger partial charge in [0, 0.05) is 19.0 Å². The Hall–Kier alpha value is -1.89. The summed E-state index contributed by atoms with van der Waals surface area (Å²) < 4.78 is 17.2. The third-order valence-electron chi connectivity index (χ3n) is 4.65. The van der Waals surface area contributed by atoms with Crippen molar-refractivity contribution >= 4 is 0 Å². The Labute approximate surface area is 160 Å². The van der Waals surface area contributed by atoms with Gasteiger partial charge in [0.25, 0.3) is 0 Å². The van der Waals surface area contributed by atoms with E-state index in [2.05, 4.69) is 24.3 Å². The van der Waals surface area contributed by atoms with Crippen LogP contribution in [0.3, 0.4) is 0 Å². The van der Waals surface area contributed by atoms with Crippen molar-refractivity contribution in [2.24, 2.45) is 5.92 Å². The average Bonchev–Trinajstić information content (AvgIpc) is 3.10. The number of aliphatic hydroxyl groups is 1. The van der Waals surface area contributed by atoms with E-state index in [1.165, 1.54) is 0 Å². The van der Waals surface area contributed by atoms with Crippen molar-refractivity contribution < 1.29 is 19.1 Å². The molecule has 0 bridgehead atoms. The van der Waals surface area contributed by atoms with Crippen molar-refractivity contribution in [3.63, 3.8) is 0 Å². The molecule has 0 aliphatic carbocycles. The maximum Gasteiger partial charge on any atom is 0.174 e. The third-order valence-corrected chi connectivity index (χ3v) is 4.65. The van der Waals surface area contributed by atoms with Crippen LogP contribution in [0.4, 0.5) is 0 Å². The van der Waals surface area contributed by atoms with Crippen LogP contribution in [0, 0.1) is 5.92 Å². The molecule has 148 valence electrons. The van der Waals surface area contributed by atoms with Crippen LogP contribution in [-0.2, 0) is 17.8 Å². The van der Waals surface area contributed by atoms with Gasteiger partial charge in [-0.1, -0.05) is 37.2 Å². The molecule has 1 aromatic heterocycles. The fourth-order valence-electron chi connectivity index (χ4n) is 3.22. The van der Waals surface area contributed by atoms with E-state index in [0.29, 0.717) is 31.3 Å². The first kappa shape index (κ1) is 19.9. The second-order valence-corrected chi connectivity index (χ2v) is 7.58. The predicted octanol–water partition coefficient (Wildman–Crippen LogP) is 2.95. The summed E-state index contributed by atoms with van der Waals surface area (Å²) in [7, 11) is 0. The third kappa shape index (κ3) is 6.34. The van der Waals surface area contributed by atoms with Gasteiger partial charge in [0.1, 0.15) is 12.4 Å². The Bertz CT molecular complexity index is 674. The lowest BCUT2D eigenvalue weighted by molar-refractivity contribution is -0.115. The monoisotopic (exact) mass is 374 g/mol. The van der Waals surface area contributed by atoms with E-state index in [4.69, 9.17) is 14.0 Å². The highest BCUT2D eigenvalue weighted by Crippen LogP contribution is 2.23. The molecule has 2 aromatic rings. The number of hydrogen-bond donors (Lipinski definition) is 2. The number of rotatable bonds is 9. The van der Waals surface area contributed by atoms with Crippen LogP contribution in [0.5, 0.6) is 5.75 Å². The zero-order valence-corrected chi connectivity index (χ0v) is 16.1. The molecule has 1 aromatic carbocycles. The number of nitrogens with zero attached hydrogens (tertiary/aromatic N) is 1. The summed E-state index contributed by atoms with van der Waals surface area (Å²) in [6.45, 7) is 6.27. The molecular formula is C21H30N2O4. The Morgan fingerprint density at radius 2 is 2.07 bits per heavy atom. The minimum absolute atomic E-state index is 0.0484. The molecule has 1 aliphatic rings. The molecule has 2 N–H and O–H groups in total. The zero-order chi connectivity index (χ0) is 19.1. The van der Waals surface area contributed by atoms with Gasteiger partial charge in [-0.3, -0.25) is 0 Å². The van der Waals surface area contributed by atoms with Gasteiger partial charge in [-0.05, 0) is 37.4 Å². The molecule has 3 rings (SSSR count). The highest BCUT2D eigenvalue weighted by atomic mass is 16.5. The van der Waals surface area contributed by atoms with E-state index in [9.17, 15) is 5.11 Å². The van der Waals surface area contributed by atoms with Gasteiger partial charge in [-0.15, -0.1) is 0 Å². The quantitative estimate of drug-likeness (QED) is 0.703. The normalized spacial score (nSPS) is 22.9. The van der Waals surface area contributed by atoms with E-state index < -0.39 is 6.10 Å². The summed E-state index contributed by atoms with van der Waals surface area (Å²) in [4.78, 5) is 0. The van der Waals surface area contributed by atoms with E-state index in [0.717, 1.165) is 30.8 Å². The molecule has 0 unspecified atom stereocenters. The van der Waals surface area contributed by atoms with Gasteiger partial charge in [-0.25, -0.2) is 0 Å². The van der Waals surface area contributed by atoms with Gasteiger partial charge in [0.2, 0.25) is 0 Å². The Balaban J connectivity index is 1.46. The van der Waals surface area contributed by atoms with Crippen molar-refractivity contribution in [1.82, 2.24) is 10.5 Å². The number of para-hydroxylation sites is 1. The Kier molecular flexibility index (Phi) is 7.26. The molecule has 2 heterocycles. The number of aromatic nitrogens is 1. The molecule has 6 nitrogen and oxygen atoms in total. The Morgan fingerprint density at radius 1 is 1.26 bits per heavy atom. The fourth-order valence-corrected chi connectivity index (χ4v) is 3.22. The van der Waals surface area contributed by atoms with Crippen LogP contribution in [0.15, 0.2) is 40.9 Å². The van der Waals surface area contributed by atoms with E-state index >= 15 is 0 Å².